The molecule has 1 aromatic heterocycles. The van der Waals surface area contributed by atoms with Gasteiger partial charge in [0.1, 0.15) is 12.4 Å². The lowest BCUT2D eigenvalue weighted by Crippen LogP contribution is -2.08. The zero-order chi connectivity index (χ0) is 17.8. The largest absolute Gasteiger partial charge is 0.493 e. The van der Waals surface area contributed by atoms with Gasteiger partial charge in [-0.2, -0.15) is 0 Å². The maximum atomic E-state index is 10.5. The predicted molar refractivity (Wildman–Crippen MR) is 102 cm³/mol. The third-order valence-corrected chi connectivity index (χ3v) is 3.91. The lowest BCUT2D eigenvalue weighted by Gasteiger charge is -2.11. The minimum absolute atomic E-state index is 0.00887. The number of ether oxygens (including phenoxy) is 1. The molecule has 0 atom stereocenters. The molecule has 6 nitrogen and oxygen atoms in total. The highest BCUT2D eigenvalue weighted by molar-refractivity contribution is 7.80. The quantitative estimate of drug-likeness (QED) is 0.534. The molecule has 0 aliphatic rings. The van der Waals surface area contributed by atoms with E-state index in [1.165, 1.54) is 0 Å². The Morgan fingerprint density at radius 1 is 1.20 bits per heavy atom. The van der Waals surface area contributed by atoms with E-state index in [4.69, 9.17) is 22.7 Å². The van der Waals surface area contributed by atoms with E-state index in [1.54, 1.807) is 4.57 Å². The Morgan fingerprint density at radius 3 is 2.68 bits per heavy atom. The molecule has 0 aliphatic heterocycles. The minimum atomic E-state index is -0.0842. The van der Waals surface area contributed by atoms with Gasteiger partial charge in [0, 0.05) is 5.39 Å². The number of benzene rings is 2. The number of azo groups is 1. The number of nitrogens with two attached hydrogens (primary N) is 1. The van der Waals surface area contributed by atoms with Gasteiger partial charge >= 0.3 is 0 Å². The van der Waals surface area contributed by atoms with Crippen molar-refractivity contribution in [2.75, 3.05) is 6.61 Å². The van der Waals surface area contributed by atoms with Crippen LogP contribution in [0.2, 0.25) is 0 Å². The van der Waals surface area contributed by atoms with Gasteiger partial charge in [-0.05, 0) is 36.8 Å². The summed E-state index contributed by atoms with van der Waals surface area (Å²) in [5, 5.41) is 18.9. The normalized spacial score (nSPS) is 11.2. The van der Waals surface area contributed by atoms with Gasteiger partial charge in [0.25, 0.3) is 0 Å². The highest BCUT2D eigenvalue weighted by Gasteiger charge is 2.16. The van der Waals surface area contributed by atoms with E-state index < -0.39 is 0 Å². The highest BCUT2D eigenvalue weighted by atomic mass is 32.1. The lowest BCUT2D eigenvalue weighted by molar-refractivity contribution is 0.289. The number of aryl methyl sites for hydroxylation is 1. The highest BCUT2D eigenvalue weighted by Crippen LogP contribution is 2.38. The van der Waals surface area contributed by atoms with Gasteiger partial charge in [0.2, 0.25) is 11.0 Å². The van der Waals surface area contributed by atoms with Crippen LogP contribution >= 0.6 is 12.2 Å². The average Bonchev–Trinajstić information content (AvgIpc) is 2.86. The van der Waals surface area contributed by atoms with E-state index in [9.17, 15) is 5.11 Å². The van der Waals surface area contributed by atoms with Crippen LogP contribution in [0.3, 0.4) is 0 Å². The van der Waals surface area contributed by atoms with E-state index in [2.05, 4.69) is 10.2 Å². The first-order valence-electron chi connectivity index (χ1n) is 7.77. The van der Waals surface area contributed by atoms with E-state index in [1.807, 2.05) is 55.5 Å². The zero-order valence-corrected chi connectivity index (χ0v) is 14.5. The van der Waals surface area contributed by atoms with Crippen molar-refractivity contribution in [1.29, 1.82) is 0 Å². The van der Waals surface area contributed by atoms with Crippen LogP contribution in [-0.2, 0) is 6.54 Å². The molecule has 3 N–H and O–H groups in total. The van der Waals surface area contributed by atoms with E-state index in [-0.39, 0.29) is 11.0 Å². The van der Waals surface area contributed by atoms with Crippen molar-refractivity contribution < 1.29 is 9.84 Å². The number of rotatable bonds is 5. The van der Waals surface area contributed by atoms with Crippen molar-refractivity contribution in [2.24, 2.45) is 16.0 Å². The van der Waals surface area contributed by atoms with Crippen LogP contribution in [0.25, 0.3) is 10.9 Å². The fourth-order valence-corrected chi connectivity index (χ4v) is 2.70. The molecule has 0 aliphatic carbocycles. The molecule has 0 amide bonds. The first-order valence-corrected chi connectivity index (χ1v) is 8.18. The Hall–Kier alpha value is -2.93. The number of hydrogen-bond acceptors (Lipinski definition) is 4. The van der Waals surface area contributed by atoms with Crippen molar-refractivity contribution in [3.63, 3.8) is 0 Å². The van der Waals surface area contributed by atoms with Crippen molar-refractivity contribution in [1.82, 2.24) is 4.57 Å². The van der Waals surface area contributed by atoms with Gasteiger partial charge in [0.05, 0.1) is 12.1 Å². The number of aromatic hydroxyl groups is 1. The SMILES string of the molecule is Cc1ccccc1OCCn1c(O)c(N=NC(N)=S)c2ccccc21. The van der Waals surface area contributed by atoms with Gasteiger partial charge in [-0.15, -0.1) is 10.2 Å². The molecule has 25 heavy (non-hydrogen) atoms. The maximum absolute atomic E-state index is 10.5. The summed E-state index contributed by atoms with van der Waals surface area (Å²) in [6.45, 7) is 2.86. The van der Waals surface area contributed by atoms with Crippen LogP contribution in [0.15, 0.2) is 58.8 Å². The number of thiocarbonyl (C=S) groups is 1. The molecule has 7 heteroatoms. The van der Waals surface area contributed by atoms with Crippen LogP contribution in [0.5, 0.6) is 11.6 Å². The van der Waals surface area contributed by atoms with Crippen molar-refractivity contribution >= 4 is 33.9 Å². The monoisotopic (exact) mass is 354 g/mol. The van der Waals surface area contributed by atoms with E-state index in [0.717, 1.165) is 22.2 Å². The topological polar surface area (TPSA) is 85.1 Å². The number of nitrogens with zero attached hydrogens (tertiary/aromatic N) is 3. The molecule has 0 spiro atoms. The van der Waals surface area contributed by atoms with Crippen LogP contribution in [-0.4, -0.2) is 21.4 Å². The van der Waals surface area contributed by atoms with E-state index >= 15 is 0 Å². The Bertz CT molecular complexity index is 949. The Kier molecular flexibility index (Phi) is 4.95. The molecule has 0 bridgehead atoms. The maximum Gasteiger partial charge on any atom is 0.220 e. The number of para-hydroxylation sites is 2. The molecule has 2 aromatic carbocycles. The molecule has 3 aromatic rings. The Balaban J connectivity index is 1.87. The van der Waals surface area contributed by atoms with Gasteiger partial charge in [-0.1, -0.05) is 36.4 Å². The second kappa shape index (κ2) is 7.31. The second-order valence-electron chi connectivity index (χ2n) is 5.49. The summed E-state index contributed by atoms with van der Waals surface area (Å²) in [5.41, 5.74) is 7.61. The summed E-state index contributed by atoms with van der Waals surface area (Å²) in [6.07, 6.45) is 0. The van der Waals surface area contributed by atoms with Gasteiger partial charge in [0.15, 0.2) is 5.69 Å². The summed E-state index contributed by atoms with van der Waals surface area (Å²) in [6, 6.07) is 15.3. The van der Waals surface area contributed by atoms with Gasteiger partial charge < -0.3 is 20.1 Å². The van der Waals surface area contributed by atoms with Crippen molar-refractivity contribution in [3.05, 3.63) is 54.1 Å². The summed E-state index contributed by atoms with van der Waals surface area (Å²) in [7, 11) is 0. The standard InChI is InChI=1S/C18H18N4O2S/c1-12-6-2-5-9-15(12)24-11-10-22-14-8-4-3-7-13(14)16(17(22)23)20-21-18(19)25/h2-9,23H,10-11H2,1H3,(H2,19,25). The fraction of sp³-hybridized carbons (Fsp3) is 0.167. The molecule has 1 heterocycles. The van der Waals surface area contributed by atoms with Crippen LogP contribution < -0.4 is 10.5 Å². The summed E-state index contributed by atoms with van der Waals surface area (Å²) >= 11 is 4.71. The van der Waals surface area contributed by atoms with E-state index in [0.29, 0.717) is 18.8 Å². The number of fused-ring (bicyclic) bond motifs is 1. The molecule has 0 unspecified atom stereocenters. The number of hydrogen-bond donors (Lipinski definition) is 2. The fourth-order valence-electron chi connectivity index (χ4n) is 2.66. The third kappa shape index (κ3) is 3.61. The lowest BCUT2D eigenvalue weighted by atomic mass is 10.2. The number of aromatic nitrogens is 1. The Morgan fingerprint density at radius 2 is 1.92 bits per heavy atom. The molecule has 0 saturated carbocycles. The molecular weight excluding hydrogens is 336 g/mol. The van der Waals surface area contributed by atoms with Crippen molar-refractivity contribution in [3.8, 4) is 11.6 Å². The molecule has 0 saturated heterocycles. The molecule has 0 radical (unpaired) electrons. The van der Waals surface area contributed by atoms with Gasteiger partial charge in [-0.25, -0.2) is 0 Å². The summed E-state index contributed by atoms with van der Waals surface area (Å²) in [5.74, 6) is 0.835. The molecule has 128 valence electrons. The third-order valence-electron chi connectivity index (χ3n) is 3.83. The minimum Gasteiger partial charge on any atom is -0.493 e. The molecular formula is C18H18N4O2S. The van der Waals surface area contributed by atoms with Crippen LogP contribution in [0.4, 0.5) is 5.69 Å². The van der Waals surface area contributed by atoms with Crippen molar-refractivity contribution in [2.45, 2.75) is 13.5 Å². The summed E-state index contributed by atoms with van der Waals surface area (Å²) in [4.78, 5) is 0. The first-order chi connectivity index (χ1) is 12.1. The average molecular weight is 354 g/mol. The molecule has 0 fully saturated rings. The van der Waals surface area contributed by atoms with Gasteiger partial charge in [-0.3, -0.25) is 0 Å². The first kappa shape index (κ1) is 16.9. The molecule has 3 rings (SSSR count). The Labute approximate surface area is 150 Å². The zero-order valence-electron chi connectivity index (χ0n) is 13.7. The van der Waals surface area contributed by atoms with Crippen LogP contribution in [0.1, 0.15) is 5.56 Å². The summed E-state index contributed by atoms with van der Waals surface area (Å²) < 4.78 is 7.56. The second-order valence-corrected chi connectivity index (χ2v) is 5.91. The van der Waals surface area contributed by atoms with Crippen LogP contribution in [0, 0.1) is 6.92 Å². The predicted octanol–water partition coefficient (Wildman–Crippen LogP) is 4.06. The smallest absolute Gasteiger partial charge is 0.220 e.